The molecule has 0 spiro atoms. The van der Waals surface area contributed by atoms with Gasteiger partial charge in [-0.05, 0) is 44.0 Å². The SMILES string of the molecule is Cc1ccc(-n2c(=O)c3ccccc3n3c(SCC(=O)Nc4ccnn4C4CCCC4)nnc23)cc1. The van der Waals surface area contributed by atoms with Gasteiger partial charge in [-0.3, -0.25) is 14.0 Å². The van der Waals surface area contributed by atoms with E-state index in [0.717, 1.165) is 24.2 Å². The van der Waals surface area contributed by atoms with Gasteiger partial charge in [-0.15, -0.1) is 10.2 Å². The van der Waals surface area contributed by atoms with Gasteiger partial charge < -0.3 is 5.32 Å². The Hall–Kier alpha value is -3.92. The van der Waals surface area contributed by atoms with E-state index in [2.05, 4.69) is 20.6 Å². The van der Waals surface area contributed by atoms with Crippen LogP contribution in [0.25, 0.3) is 22.4 Å². The van der Waals surface area contributed by atoms with Crippen molar-refractivity contribution in [2.75, 3.05) is 11.1 Å². The van der Waals surface area contributed by atoms with Crippen LogP contribution in [-0.2, 0) is 4.79 Å². The normalized spacial score (nSPS) is 14.1. The molecule has 0 atom stereocenters. The van der Waals surface area contributed by atoms with E-state index in [1.54, 1.807) is 16.8 Å². The highest BCUT2D eigenvalue weighted by atomic mass is 32.2. The van der Waals surface area contributed by atoms with Crippen LogP contribution in [0.4, 0.5) is 5.82 Å². The quantitative estimate of drug-likeness (QED) is 0.348. The minimum atomic E-state index is -0.163. The number of aryl methyl sites for hydroxylation is 1. The Morgan fingerprint density at radius 2 is 1.83 bits per heavy atom. The van der Waals surface area contributed by atoms with Crippen molar-refractivity contribution in [1.82, 2.24) is 28.9 Å². The van der Waals surface area contributed by atoms with Gasteiger partial charge in [0.15, 0.2) is 5.16 Å². The minimum absolute atomic E-state index is 0.146. The van der Waals surface area contributed by atoms with Crippen molar-refractivity contribution >= 4 is 40.2 Å². The van der Waals surface area contributed by atoms with Crippen LogP contribution in [0.1, 0.15) is 37.3 Å². The first kappa shape index (κ1) is 22.5. The first-order valence-corrected chi connectivity index (χ1v) is 13.0. The molecule has 0 bridgehead atoms. The number of fused-ring (bicyclic) bond motifs is 3. The number of hydrogen-bond donors (Lipinski definition) is 1. The Balaban J connectivity index is 1.32. The molecule has 2 aromatic carbocycles. The second-order valence-electron chi connectivity index (χ2n) is 9.05. The van der Waals surface area contributed by atoms with Crippen molar-refractivity contribution in [3.63, 3.8) is 0 Å². The van der Waals surface area contributed by atoms with Crippen LogP contribution in [0.5, 0.6) is 0 Å². The number of amides is 1. The van der Waals surface area contributed by atoms with Gasteiger partial charge in [0, 0.05) is 6.07 Å². The van der Waals surface area contributed by atoms with Crippen LogP contribution in [-0.4, -0.2) is 40.6 Å². The van der Waals surface area contributed by atoms with Crippen molar-refractivity contribution in [3.05, 3.63) is 76.7 Å². The highest BCUT2D eigenvalue weighted by molar-refractivity contribution is 7.99. The number of rotatable bonds is 6. The number of anilines is 1. The molecule has 0 aliphatic heterocycles. The lowest BCUT2D eigenvalue weighted by Gasteiger charge is -2.14. The number of nitrogens with zero attached hydrogens (tertiary/aromatic N) is 6. The highest BCUT2D eigenvalue weighted by Crippen LogP contribution is 2.31. The second kappa shape index (κ2) is 9.27. The molecular formula is C26H25N7O2S. The van der Waals surface area contributed by atoms with Gasteiger partial charge in [0.05, 0.1) is 34.6 Å². The largest absolute Gasteiger partial charge is 0.310 e. The lowest BCUT2D eigenvalue weighted by molar-refractivity contribution is -0.113. The third-order valence-electron chi connectivity index (χ3n) is 6.63. The standard InChI is InChI=1S/C26H25N7O2S/c1-17-10-12-18(13-11-17)31-24(35)20-8-4-5-9-21(20)32-25(31)29-30-26(32)36-16-23(34)28-22-14-15-27-33(22)19-6-2-3-7-19/h4-5,8-15,19H,2-3,6-7,16H2,1H3,(H,28,34). The Morgan fingerprint density at radius 3 is 2.64 bits per heavy atom. The fraction of sp³-hybridized carbons (Fsp3) is 0.269. The molecule has 1 aliphatic carbocycles. The fourth-order valence-electron chi connectivity index (χ4n) is 4.86. The van der Waals surface area contributed by atoms with E-state index in [1.165, 1.54) is 24.6 Å². The summed E-state index contributed by atoms with van der Waals surface area (Å²) in [6.45, 7) is 2.00. The van der Waals surface area contributed by atoms with Crippen molar-refractivity contribution in [1.29, 1.82) is 0 Å². The molecule has 0 unspecified atom stereocenters. The van der Waals surface area contributed by atoms with Gasteiger partial charge in [0.1, 0.15) is 5.82 Å². The van der Waals surface area contributed by atoms with Crippen LogP contribution in [0, 0.1) is 6.92 Å². The molecule has 1 aliphatic rings. The summed E-state index contributed by atoms with van der Waals surface area (Å²) in [6, 6.07) is 17.3. The third kappa shape index (κ3) is 3.97. The first-order chi connectivity index (χ1) is 17.6. The Morgan fingerprint density at radius 1 is 1.06 bits per heavy atom. The molecule has 1 saturated carbocycles. The van der Waals surface area contributed by atoms with Crippen LogP contribution < -0.4 is 10.9 Å². The van der Waals surface area contributed by atoms with Crippen molar-refractivity contribution in [3.8, 4) is 5.69 Å². The van der Waals surface area contributed by atoms with Crippen molar-refractivity contribution in [2.45, 2.75) is 43.8 Å². The zero-order valence-corrected chi connectivity index (χ0v) is 20.6. The molecule has 0 radical (unpaired) electrons. The van der Waals surface area contributed by atoms with E-state index in [4.69, 9.17) is 0 Å². The number of aromatic nitrogens is 6. The molecule has 1 N–H and O–H groups in total. The zero-order valence-electron chi connectivity index (χ0n) is 19.8. The lowest BCUT2D eigenvalue weighted by atomic mass is 10.2. The van der Waals surface area contributed by atoms with E-state index in [1.807, 2.05) is 64.5 Å². The topological polar surface area (TPSA) is 99.1 Å². The zero-order chi connectivity index (χ0) is 24.6. The molecule has 1 amide bonds. The predicted octanol–water partition coefficient (Wildman–Crippen LogP) is 4.38. The maximum Gasteiger partial charge on any atom is 0.267 e. The number of para-hydroxylation sites is 1. The second-order valence-corrected chi connectivity index (χ2v) is 9.99. The summed E-state index contributed by atoms with van der Waals surface area (Å²) in [5.41, 5.74) is 2.35. The van der Waals surface area contributed by atoms with E-state index < -0.39 is 0 Å². The van der Waals surface area contributed by atoms with Crippen molar-refractivity contribution in [2.24, 2.45) is 0 Å². The number of hydrogen-bond acceptors (Lipinski definition) is 6. The summed E-state index contributed by atoms with van der Waals surface area (Å²) in [4.78, 5) is 26.3. The molecule has 182 valence electrons. The van der Waals surface area contributed by atoms with Gasteiger partial charge >= 0.3 is 0 Å². The molecule has 3 aromatic heterocycles. The maximum absolute atomic E-state index is 13.4. The Kier molecular flexibility index (Phi) is 5.80. The van der Waals surface area contributed by atoms with Gasteiger partial charge in [-0.2, -0.15) is 5.10 Å². The molecule has 0 saturated heterocycles. The number of carbonyl (C=O) groups excluding carboxylic acids is 1. The number of benzene rings is 2. The average molecular weight is 500 g/mol. The van der Waals surface area contributed by atoms with Gasteiger partial charge in [-0.1, -0.05) is 54.4 Å². The monoisotopic (exact) mass is 499 g/mol. The smallest absolute Gasteiger partial charge is 0.267 e. The molecular weight excluding hydrogens is 474 g/mol. The minimum Gasteiger partial charge on any atom is -0.310 e. The summed E-state index contributed by atoms with van der Waals surface area (Å²) >= 11 is 1.28. The summed E-state index contributed by atoms with van der Waals surface area (Å²) in [6.07, 6.45) is 6.27. The molecule has 5 aromatic rings. The average Bonchev–Trinajstić information content (AvgIpc) is 3.65. The van der Waals surface area contributed by atoms with Crippen molar-refractivity contribution < 1.29 is 4.79 Å². The molecule has 3 heterocycles. The third-order valence-corrected chi connectivity index (χ3v) is 7.56. The van der Waals surface area contributed by atoms with Crippen LogP contribution in [0.3, 0.4) is 0 Å². The summed E-state index contributed by atoms with van der Waals surface area (Å²) in [5, 5.41) is 17.2. The lowest BCUT2D eigenvalue weighted by Crippen LogP contribution is -2.22. The number of nitrogens with one attached hydrogen (secondary N) is 1. The molecule has 1 fully saturated rings. The first-order valence-electron chi connectivity index (χ1n) is 12.0. The van der Waals surface area contributed by atoms with E-state index in [9.17, 15) is 9.59 Å². The van der Waals surface area contributed by atoms with E-state index in [0.29, 0.717) is 33.6 Å². The van der Waals surface area contributed by atoms with Gasteiger partial charge in [0.25, 0.3) is 5.56 Å². The maximum atomic E-state index is 13.4. The molecule has 36 heavy (non-hydrogen) atoms. The predicted molar refractivity (Wildman–Crippen MR) is 140 cm³/mol. The Bertz CT molecular complexity index is 1630. The molecule has 9 nitrogen and oxygen atoms in total. The van der Waals surface area contributed by atoms with Gasteiger partial charge in [-0.25, -0.2) is 9.25 Å². The Labute approximate surface area is 211 Å². The number of thioether (sulfide) groups is 1. The van der Waals surface area contributed by atoms with Crippen LogP contribution in [0.2, 0.25) is 0 Å². The molecule has 10 heteroatoms. The fourth-order valence-corrected chi connectivity index (χ4v) is 5.60. The van der Waals surface area contributed by atoms with Crippen LogP contribution in [0.15, 0.2) is 70.7 Å². The van der Waals surface area contributed by atoms with Crippen LogP contribution >= 0.6 is 11.8 Å². The summed E-state index contributed by atoms with van der Waals surface area (Å²) in [7, 11) is 0. The summed E-state index contributed by atoms with van der Waals surface area (Å²) < 4.78 is 5.34. The molecule has 6 rings (SSSR count). The van der Waals surface area contributed by atoms with E-state index >= 15 is 0 Å². The summed E-state index contributed by atoms with van der Waals surface area (Å²) in [5.74, 6) is 1.13. The highest BCUT2D eigenvalue weighted by Gasteiger charge is 2.22. The number of carbonyl (C=O) groups is 1. The van der Waals surface area contributed by atoms with Gasteiger partial charge in [0.2, 0.25) is 11.7 Å². The van der Waals surface area contributed by atoms with E-state index in [-0.39, 0.29) is 17.2 Å².